The molecule has 1 saturated carbocycles. The number of aryl methyl sites for hydroxylation is 2. The van der Waals surface area contributed by atoms with Crippen LogP contribution in [-0.2, 0) is 21.4 Å². The van der Waals surface area contributed by atoms with Gasteiger partial charge in [0.2, 0.25) is 0 Å². The van der Waals surface area contributed by atoms with Gasteiger partial charge in [-0.1, -0.05) is 25.0 Å². The number of hydrogen-bond donors (Lipinski definition) is 2. The summed E-state index contributed by atoms with van der Waals surface area (Å²) in [5.41, 5.74) is 3.33. The number of rotatable bonds is 7. The molecule has 2 N–H and O–H groups in total. The zero-order chi connectivity index (χ0) is 22.4. The average molecular weight is 425 g/mol. The van der Waals surface area contributed by atoms with Crippen LogP contribution >= 0.6 is 0 Å². The van der Waals surface area contributed by atoms with Crippen molar-refractivity contribution in [3.8, 4) is 0 Å². The van der Waals surface area contributed by atoms with Crippen LogP contribution in [0.1, 0.15) is 53.0 Å². The molecule has 1 aliphatic carbocycles. The standard InChI is InChI=1S/C23H28N4O4/c1-15-18(16(2)27(3)26-15)12-13-22(29)31-14-21(28)25-20-11-7-6-10-19(20)23(30)24-17-8-4-5-9-17/h6-7,10-13,17H,4-5,8-9,14H2,1-3H3,(H,24,30)(H,25,28)/b13-12+. The third-order valence-corrected chi connectivity index (χ3v) is 5.43. The summed E-state index contributed by atoms with van der Waals surface area (Å²) in [6, 6.07) is 6.96. The first-order chi connectivity index (χ1) is 14.8. The van der Waals surface area contributed by atoms with Crippen LogP contribution in [0, 0.1) is 13.8 Å². The Morgan fingerprint density at radius 3 is 2.58 bits per heavy atom. The number of hydrogen-bond acceptors (Lipinski definition) is 5. The van der Waals surface area contributed by atoms with Gasteiger partial charge < -0.3 is 15.4 Å². The molecule has 0 saturated heterocycles. The van der Waals surface area contributed by atoms with Gasteiger partial charge in [0.15, 0.2) is 6.61 Å². The maximum atomic E-state index is 12.6. The zero-order valence-electron chi connectivity index (χ0n) is 18.1. The van der Waals surface area contributed by atoms with E-state index in [9.17, 15) is 14.4 Å². The van der Waals surface area contributed by atoms with Crippen molar-refractivity contribution >= 4 is 29.5 Å². The van der Waals surface area contributed by atoms with E-state index in [0.717, 1.165) is 42.6 Å². The molecule has 0 spiro atoms. The van der Waals surface area contributed by atoms with Crippen molar-refractivity contribution in [3.63, 3.8) is 0 Å². The number of carbonyl (C=O) groups excluding carboxylic acids is 3. The Balaban J connectivity index is 1.54. The smallest absolute Gasteiger partial charge is 0.331 e. The molecule has 8 heteroatoms. The molecular weight excluding hydrogens is 396 g/mol. The number of esters is 1. The monoisotopic (exact) mass is 424 g/mol. The van der Waals surface area contributed by atoms with Crippen molar-refractivity contribution in [1.82, 2.24) is 15.1 Å². The fourth-order valence-electron chi connectivity index (χ4n) is 3.68. The molecule has 0 radical (unpaired) electrons. The van der Waals surface area contributed by atoms with Crippen LogP contribution in [0.25, 0.3) is 6.08 Å². The van der Waals surface area contributed by atoms with E-state index in [1.54, 1.807) is 35.0 Å². The number of ether oxygens (including phenoxy) is 1. The highest BCUT2D eigenvalue weighted by atomic mass is 16.5. The van der Waals surface area contributed by atoms with E-state index in [1.807, 2.05) is 20.9 Å². The molecule has 164 valence electrons. The van der Waals surface area contributed by atoms with Gasteiger partial charge in [-0.2, -0.15) is 5.10 Å². The van der Waals surface area contributed by atoms with E-state index in [0.29, 0.717) is 11.3 Å². The first kappa shape index (κ1) is 22.3. The minimum absolute atomic E-state index is 0.177. The van der Waals surface area contributed by atoms with E-state index >= 15 is 0 Å². The van der Waals surface area contributed by atoms with E-state index in [2.05, 4.69) is 15.7 Å². The number of amides is 2. The summed E-state index contributed by atoms with van der Waals surface area (Å²) in [5, 5.41) is 9.94. The van der Waals surface area contributed by atoms with Crippen molar-refractivity contribution < 1.29 is 19.1 Å². The van der Waals surface area contributed by atoms with E-state index < -0.39 is 18.5 Å². The summed E-state index contributed by atoms with van der Waals surface area (Å²) >= 11 is 0. The highest BCUT2D eigenvalue weighted by Gasteiger charge is 2.20. The fraction of sp³-hybridized carbons (Fsp3) is 0.391. The van der Waals surface area contributed by atoms with Crippen molar-refractivity contribution in [2.75, 3.05) is 11.9 Å². The first-order valence-corrected chi connectivity index (χ1v) is 10.4. The lowest BCUT2D eigenvalue weighted by atomic mass is 10.1. The molecule has 8 nitrogen and oxygen atoms in total. The van der Waals surface area contributed by atoms with Crippen LogP contribution in [0.5, 0.6) is 0 Å². The molecule has 1 aliphatic rings. The molecule has 2 amide bonds. The minimum Gasteiger partial charge on any atom is -0.452 e. The molecule has 3 rings (SSSR count). The Kier molecular flexibility index (Phi) is 7.23. The lowest BCUT2D eigenvalue weighted by Crippen LogP contribution is -2.33. The minimum atomic E-state index is -0.634. The molecule has 0 aliphatic heterocycles. The Hall–Kier alpha value is -3.42. The summed E-state index contributed by atoms with van der Waals surface area (Å²) < 4.78 is 6.76. The second-order valence-corrected chi connectivity index (χ2v) is 7.70. The topological polar surface area (TPSA) is 102 Å². The van der Waals surface area contributed by atoms with Gasteiger partial charge in [-0.05, 0) is 44.9 Å². The van der Waals surface area contributed by atoms with Crippen molar-refractivity contribution in [1.29, 1.82) is 0 Å². The molecule has 1 aromatic carbocycles. The Labute approximate surface area is 181 Å². The van der Waals surface area contributed by atoms with Gasteiger partial charge in [0.05, 0.1) is 16.9 Å². The molecule has 1 aromatic heterocycles. The molecule has 31 heavy (non-hydrogen) atoms. The Morgan fingerprint density at radius 1 is 1.19 bits per heavy atom. The zero-order valence-corrected chi connectivity index (χ0v) is 18.1. The number of nitrogens with zero attached hydrogens (tertiary/aromatic N) is 2. The van der Waals surface area contributed by atoms with E-state index in [1.165, 1.54) is 6.08 Å². The molecule has 0 unspecified atom stereocenters. The number of nitrogens with one attached hydrogen (secondary N) is 2. The van der Waals surface area contributed by atoms with E-state index in [-0.39, 0.29) is 11.9 Å². The predicted octanol–water partition coefficient (Wildman–Crippen LogP) is 2.90. The largest absolute Gasteiger partial charge is 0.452 e. The second-order valence-electron chi connectivity index (χ2n) is 7.70. The van der Waals surface area contributed by atoms with Crippen molar-refractivity contribution in [2.45, 2.75) is 45.6 Å². The summed E-state index contributed by atoms with van der Waals surface area (Å²) in [5.74, 6) is -1.37. The van der Waals surface area contributed by atoms with Crippen molar-refractivity contribution in [2.24, 2.45) is 7.05 Å². The van der Waals surface area contributed by atoms with Gasteiger partial charge in [0.25, 0.3) is 11.8 Å². The van der Waals surface area contributed by atoms with Crippen LogP contribution in [0.4, 0.5) is 5.69 Å². The Bertz CT molecular complexity index is 1000. The summed E-state index contributed by atoms with van der Waals surface area (Å²) in [4.78, 5) is 36.8. The van der Waals surface area contributed by atoms with Gasteiger partial charge in [-0.3, -0.25) is 14.3 Å². The van der Waals surface area contributed by atoms with Gasteiger partial charge in [-0.25, -0.2) is 4.79 Å². The average Bonchev–Trinajstić information content (AvgIpc) is 3.33. The van der Waals surface area contributed by atoms with Gasteiger partial charge in [-0.15, -0.1) is 0 Å². The van der Waals surface area contributed by atoms with Crippen LogP contribution in [0.2, 0.25) is 0 Å². The number of para-hydroxylation sites is 1. The molecule has 1 fully saturated rings. The fourth-order valence-corrected chi connectivity index (χ4v) is 3.68. The molecule has 2 aromatic rings. The van der Waals surface area contributed by atoms with Crippen LogP contribution in [0.15, 0.2) is 30.3 Å². The molecule has 0 bridgehead atoms. The maximum Gasteiger partial charge on any atom is 0.331 e. The second kappa shape index (κ2) is 10.1. The molecular formula is C23H28N4O4. The number of aromatic nitrogens is 2. The van der Waals surface area contributed by atoms with Crippen LogP contribution in [-0.4, -0.2) is 40.2 Å². The summed E-state index contributed by atoms with van der Waals surface area (Å²) in [7, 11) is 1.83. The van der Waals surface area contributed by atoms with Crippen LogP contribution < -0.4 is 10.6 Å². The number of anilines is 1. The normalized spacial score (nSPS) is 14.0. The first-order valence-electron chi connectivity index (χ1n) is 10.4. The summed E-state index contributed by atoms with van der Waals surface area (Å²) in [6.07, 6.45) is 7.07. The summed E-state index contributed by atoms with van der Waals surface area (Å²) in [6.45, 7) is 3.30. The van der Waals surface area contributed by atoms with Gasteiger partial charge in [0, 0.05) is 30.4 Å². The molecule has 1 heterocycles. The van der Waals surface area contributed by atoms with E-state index in [4.69, 9.17) is 4.74 Å². The van der Waals surface area contributed by atoms with Gasteiger partial charge >= 0.3 is 5.97 Å². The lowest BCUT2D eigenvalue weighted by molar-refractivity contribution is -0.142. The highest BCUT2D eigenvalue weighted by Crippen LogP contribution is 2.20. The van der Waals surface area contributed by atoms with Gasteiger partial charge in [0.1, 0.15) is 0 Å². The molecule has 0 atom stereocenters. The van der Waals surface area contributed by atoms with Crippen molar-refractivity contribution in [3.05, 3.63) is 52.9 Å². The third kappa shape index (κ3) is 5.81. The highest BCUT2D eigenvalue weighted by molar-refractivity contribution is 6.04. The number of carbonyl (C=O) groups is 3. The third-order valence-electron chi connectivity index (χ3n) is 5.43. The number of benzene rings is 1. The Morgan fingerprint density at radius 2 is 1.90 bits per heavy atom. The predicted molar refractivity (Wildman–Crippen MR) is 117 cm³/mol. The SMILES string of the molecule is Cc1nn(C)c(C)c1/C=C/C(=O)OCC(=O)Nc1ccccc1C(=O)NC1CCCC1. The maximum absolute atomic E-state index is 12.6. The van der Waals surface area contributed by atoms with Crippen LogP contribution in [0.3, 0.4) is 0 Å². The quantitative estimate of drug-likeness (QED) is 0.526. The lowest BCUT2D eigenvalue weighted by Gasteiger charge is -2.15.